The van der Waals surface area contributed by atoms with E-state index in [2.05, 4.69) is 5.10 Å². The topological polar surface area (TPSA) is 45.8 Å². The lowest BCUT2D eigenvalue weighted by Crippen LogP contribution is -2.27. The van der Waals surface area contributed by atoms with Crippen LogP contribution in [0.4, 0.5) is 0 Å². The van der Waals surface area contributed by atoms with Gasteiger partial charge in [-0.05, 0) is 41.1 Å². The summed E-state index contributed by atoms with van der Waals surface area (Å²) < 4.78 is 5.53. The highest BCUT2D eigenvalue weighted by Gasteiger charge is 2.36. The van der Waals surface area contributed by atoms with E-state index in [9.17, 15) is 4.79 Å². The lowest BCUT2D eigenvalue weighted by Gasteiger charge is -2.20. The van der Waals surface area contributed by atoms with E-state index in [-0.39, 0.29) is 11.9 Å². The minimum atomic E-state index is -0.265. The van der Waals surface area contributed by atoms with Crippen LogP contribution in [0, 0.1) is 0 Å². The average molecular weight is 357 g/mol. The van der Waals surface area contributed by atoms with Crippen LogP contribution >= 0.6 is 22.9 Å². The molecule has 2 aromatic heterocycles. The van der Waals surface area contributed by atoms with Gasteiger partial charge in [0, 0.05) is 12.0 Å². The molecule has 4 rings (SSSR count). The molecule has 4 nitrogen and oxygen atoms in total. The summed E-state index contributed by atoms with van der Waals surface area (Å²) in [5, 5.41) is 10.5. The van der Waals surface area contributed by atoms with Crippen molar-refractivity contribution in [2.45, 2.75) is 12.5 Å². The Hall–Kier alpha value is -2.37. The second kappa shape index (κ2) is 6.26. The van der Waals surface area contributed by atoms with Crippen molar-refractivity contribution in [2.75, 3.05) is 0 Å². The number of halogens is 1. The molecule has 1 amide bonds. The van der Waals surface area contributed by atoms with Crippen LogP contribution in [0.1, 0.15) is 34.1 Å². The molecule has 24 heavy (non-hydrogen) atoms. The molecule has 0 saturated carbocycles. The molecule has 0 bridgehead atoms. The lowest BCUT2D eigenvalue weighted by molar-refractivity contribution is 0.0693. The van der Waals surface area contributed by atoms with Crippen molar-refractivity contribution in [3.63, 3.8) is 0 Å². The van der Waals surface area contributed by atoms with E-state index >= 15 is 0 Å². The Labute approximate surface area is 148 Å². The molecule has 1 atom stereocenters. The van der Waals surface area contributed by atoms with Crippen molar-refractivity contribution in [1.82, 2.24) is 5.01 Å². The second-order valence-electron chi connectivity index (χ2n) is 5.42. The van der Waals surface area contributed by atoms with Gasteiger partial charge in [-0.1, -0.05) is 23.7 Å². The number of benzene rings is 1. The van der Waals surface area contributed by atoms with Crippen LogP contribution in [0.15, 0.2) is 69.0 Å². The molecule has 3 heterocycles. The van der Waals surface area contributed by atoms with Gasteiger partial charge >= 0.3 is 0 Å². The summed E-state index contributed by atoms with van der Waals surface area (Å²) in [4.78, 5) is 13.0. The number of carbonyl (C=O) groups excluding carboxylic acids is 1. The summed E-state index contributed by atoms with van der Waals surface area (Å²) in [6.45, 7) is 0. The van der Waals surface area contributed by atoms with Crippen molar-refractivity contribution >= 4 is 34.6 Å². The normalized spacial score (nSPS) is 17.1. The summed E-state index contributed by atoms with van der Waals surface area (Å²) in [6.07, 6.45) is 2.22. The molecule has 120 valence electrons. The Morgan fingerprint density at radius 3 is 2.83 bits per heavy atom. The van der Waals surface area contributed by atoms with Crippen molar-refractivity contribution in [2.24, 2.45) is 5.10 Å². The van der Waals surface area contributed by atoms with Crippen LogP contribution in [0.3, 0.4) is 0 Å². The van der Waals surface area contributed by atoms with Crippen LogP contribution in [-0.2, 0) is 0 Å². The van der Waals surface area contributed by atoms with Crippen molar-refractivity contribution < 1.29 is 9.21 Å². The first-order valence-electron chi connectivity index (χ1n) is 7.45. The molecule has 6 heteroatoms. The van der Waals surface area contributed by atoms with Gasteiger partial charge in [-0.3, -0.25) is 4.79 Å². The van der Waals surface area contributed by atoms with Crippen LogP contribution < -0.4 is 0 Å². The lowest BCUT2D eigenvalue weighted by atomic mass is 10.0. The van der Waals surface area contributed by atoms with Crippen molar-refractivity contribution in [3.8, 4) is 0 Å². The SMILES string of the molecule is O=C(c1ccccc1Cl)N1N=C(c2ccsc2)C[C@@H]1c1ccco1. The van der Waals surface area contributed by atoms with Gasteiger partial charge in [0.25, 0.3) is 5.91 Å². The summed E-state index contributed by atoms with van der Waals surface area (Å²) in [5.74, 6) is 0.483. The molecule has 1 aliphatic heterocycles. The van der Waals surface area contributed by atoms with Gasteiger partial charge in [0.1, 0.15) is 11.8 Å². The number of amides is 1. The standard InChI is InChI=1S/C18H13ClN2O2S/c19-14-5-2-1-4-13(14)18(22)21-16(17-6-3-8-23-17)10-15(20-21)12-7-9-24-11-12/h1-9,11,16H,10H2/t16-/m1/s1. The highest BCUT2D eigenvalue weighted by molar-refractivity contribution is 7.08. The molecule has 0 radical (unpaired) electrons. The Morgan fingerprint density at radius 1 is 1.25 bits per heavy atom. The molecular formula is C18H13ClN2O2S. The van der Waals surface area contributed by atoms with Gasteiger partial charge in [0.15, 0.2) is 0 Å². The molecule has 0 saturated heterocycles. The van der Waals surface area contributed by atoms with Gasteiger partial charge in [0.05, 0.1) is 22.6 Å². The molecule has 1 aromatic carbocycles. The highest BCUT2D eigenvalue weighted by Crippen LogP contribution is 2.35. The Bertz CT molecular complexity index is 888. The first kappa shape index (κ1) is 15.2. The van der Waals surface area contributed by atoms with E-state index in [0.29, 0.717) is 22.8 Å². The van der Waals surface area contributed by atoms with E-state index in [1.807, 2.05) is 29.0 Å². The van der Waals surface area contributed by atoms with Gasteiger partial charge in [-0.25, -0.2) is 5.01 Å². The molecule has 0 N–H and O–H groups in total. The van der Waals surface area contributed by atoms with Crippen LogP contribution in [0.25, 0.3) is 0 Å². The van der Waals surface area contributed by atoms with E-state index < -0.39 is 0 Å². The zero-order chi connectivity index (χ0) is 16.5. The number of furan rings is 1. The molecule has 1 aliphatic rings. The monoisotopic (exact) mass is 356 g/mol. The smallest absolute Gasteiger partial charge is 0.276 e. The van der Waals surface area contributed by atoms with Gasteiger partial charge in [-0.15, -0.1) is 0 Å². The summed E-state index contributed by atoms with van der Waals surface area (Å²) >= 11 is 7.79. The fourth-order valence-electron chi connectivity index (χ4n) is 2.76. The molecule has 3 aromatic rings. The maximum atomic E-state index is 13.0. The average Bonchev–Trinajstić information content (AvgIpc) is 3.33. The highest BCUT2D eigenvalue weighted by atomic mass is 35.5. The minimum absolute atomic E-state index is 0.229. The Balaban J connectivity index is 1.74. The van der Waals surface area contributed by atoms with Gasteiger partial charge < -0.3 is 4.42 Å². The quantitative estimate of drug-likeness (QED) is 0.664. The van der Waals surface area contributed by atoms with Gasteiger partial charge in [-0.2, -0.15) is 16.4 Å². The third-order valence-electron chi connectivity index (χ3n) is 3.95. The number of carbonyl (C=O) groups is 1. The zero-order valence-corrected chi connectivity index (χ0v) is 14.1. The van der Waals surface area contributed by atoms with Crippen molar-refractivity contribution in [1.29, 1.82) is 0 Å². The Kier molecular flexibility index (Phi) is 3.96. The summed E-state index contributed by atoms with van der Waals surface area (Å²) in [5.41, 5.74) is 2.34. The molecular weight excluding hydrogens is 344 g/mol. The third-order valence-corrected chi connectivity index (χ3v) is 4.96. The largest absolute Gasteiger partial charge is 0.467 e. The molecule has 0 fully saturated rings. The summed E-state index contributed by atoms with van der Waals surface area (Å²) in [6, 6.07) is 12.4. The first-order valence-corrected chi connectivity index (χ1v) is 8.77. The summed E-state index contributed by atoms with van der Waals surface area (Å²) in [7, 11) is 0. The van der Waals surface area contributed by atoms with Crippen LogP contribution in [-0.4, -0.2) is 16.6 Å². The number of rotatable bonds is 3. The van der Waals surface area contributed by atoms with Crippen LogP contribution in [0.5, 0.6) is 0 Å². The van der Waals surface area contributed by atoms with Crippen molar-refractivity contribution in [3.05, 3.63) is 81.4 Å². The zero-order valence-electron chi connectivity index (χ0n) is 12.6. The van der Waals surface area contributed by atoms with Gasteiger partial charge in [0.2, 0.25) is 0 Å². The maximum absolute atomic E-state index is 13.0. The second-order valence-corrected chi connectivity index (χ2v) is 6.61. The number of hydrogen-bond acceptors (Lipinski definition) is 4. The number of hydrazone groups is 1. The Morgan fingerprint density at radius 2 is 2.12 bits per heavy atom. The molecule has 0 unspecified atom stereocenters. The number of thiophene rings is 1. The van der Waals surface area contributed by atoms with E-state index in [1.54, 1.807) is 41.9 Å². The maximum Gasteiger partial charge on any atom is 0.276 e. The fraction of sp³-hybridized carbons (Fsp3) is 0.111. The van der Waals surface area contributed by atoms with Crippen LogP contribution in [0.2, 0.25) is 5.02 Å². The predicted octanol–water partition coefficient (Wildman–Crippen LogP) is 4.99. The molecule has 0 aliphatic carbocycles. The number of hydrogen-bond donors (Lipinski definition) is 0. The fourth-order valence-corrected chi connectivity index (χ4v) is 3.64. The van der Waals surface area contributed by atoms with E-state index in [4.69, 9.17) is 16.0 Å². The third kappa shape index (κ3) is 2.66. The first-order chi connectivity index (χ1) is 11.7. The number of nitrogens with zero attached hydrogens (tertiary/aromatic N) is 2. The molecule has 0 spiro atoms. The minimum Gasteiger partial charge on any atom is -0.467 e. The van der Waals surface area contributed by atoms with E-state index in [1.165, 1.54) is 5.01 Å². The predicted molar refractivity (Wildman–Crippen MR) is 94.5 cm³/mol. The van der Waals surface area contributed by atoms with E-state index in [0.717, 1.165) is 11.3 Å².